The fourth-order valence-electron chi connectivity index (χ4n) is 2.79. The maximum atomic E-state index is 12.1. The Bertz CT molecular complexity index is 833. The molecule has 0 saturated carbocycles. The van der Waals surface area contributed by atoms with Crippen LogP contribution >= 0.6 is 11.6 Å². The van der Waals surface area contributed by atoms with Crippen molar-refractivity contribution in [1.82, 2.24) is 15.5 Å². The van der Waals surface area contributed by atoms with E-state index in [9.17, 15) is 14.7 Å². The van der Waals surface area contributed by atoms with E-state index in [2.05, 4.69) is 20.8 Å². The molecule has 9 heteroatoms. The molecule has 0 saturated heterocycles. The van der Waals surface area contributed by atoms with Gasteiger partial charge in [-0.1, -0.05) is 11.6 Å². The number of amides is 2. The standard InChI is InChI=1S/C15H15ClN4O4/c1-17-15(23)12-11-7(5-10(21)18-14(11)20-19-12)6-3-8(16)13(22)9(4-6)24-2/h3-4,7,22H,5H2,1-2H3,(H,17,23)(H2,18,19,20,21)/t7-/m0/s1. The second-order valence-corrected chi connectivity index (χ2v) is 5.71. The fraction of sp³-hybridized carbons (Fsp3) is 0.267. The summed E-state index contributed by atoms with van der Waals surface area (Å²) in [6.07, 6.45) is 0.112. The number of hydrogen-bond donors (Lipinski definition) is 4. The molecule has 1 atom stereocenters. The number of phenols is 1. The zero-order valence-corrected chi connectivity index (χ0v) is 13.7. The Labute approximate surface area is 142 Å². The molecule has 1 aromatic heterocycles. The molecule has 0 bridgehead atoms. The maximum absolute atomic E-state index is 12.1. The molecule has 0 aliphatic carbocycles. The smallest absolute Gasteiger partial charge is 0.269 e. The summed E-state index contributed by atoms with van der Waals surface area (Å²) in [5, 5.41) is 21.8. The van der Waals surface area contributed by atoms with Crippen molar-refractivity contribution in [3.8, 4) is 11.5 Å². The van der Waals surface area contributed by atoms with Crippen molar-refractivity contribution < 1.29 is 19.4 Å². The lowest BCUT2D eigenvalue weighted by Gasteiger charge is -2.24. The number of nitrogens with zero attached hydrogens (tertiary/aromatic N) is 1. The Morgan fingerprint density at radius 2 is 2.25 bits per heavy atom. The number of aromatic nitrogens is 2. The van der Waals surface area contributed by atoms with Gasteiger partial charge in [0, 0.05) is 24.9 Å². The number of nitrogens with one attached hydrogen (secondary N) is 3. The van der Waals surface area contributed by atoms with E-state index in [-0.39, 0.29) is 40.5 Å². The lowest BCUT2D eigenvalue weighted by molar-refractivity contribution is -0.116. The predicted molar refractivity (Wildman–Crippen MR) is 86.7 cm³/mol. The van der Waals surface area contributed by atoms with Crippen LogP contribution in [0.25, 0.3) is 0 Å². The highest BCUT2D eigenvalue weighted by molar-refractivity contribution is 6.32. The number of methoxy groups -OCH3 is 1. The van der Waals surface area contributed by atoms with Crippen molar-refractivity contribution in [2.45, 2.75) is 12.3 Å². The number of ether oxygens (including phenoxy) is 1. The first-order chi connectivity index (χ1) is 11.5. The third kappa shape index (κ3) is 2.54. The normalized spacial score (nSPS) is 16.3. The molecule has 2 aromatic rings. The number of aromatic hydroxyl groups is 1. The molecule has 1 aliphatic heterocycles. The van der Waals surface area contributed by atoms with Gasteiger partial charge in [-0.05, 0) is 17.7 Å². The number of H-pyrrole nitrogens is 1. The summed E-state index contributed by atoms with van der Waals surface area (Å²) in [6.45, 7) is 0. The quantitative estimate of drug-likeness (QED) is 0.671. The Balaban J connectivity index is 2.17. The first-order valence-corrected chi connectivity index (χ1v) is 7.50. The highest BCUT2D eigenvalue weighted by Crippen LogP contribution is 2.43. The van der Waals surface area contributed by atoms with Crippen LogP contribution in [0.5, 0.6) is 11.5 Å². The van der Waals surface area contributed by atoms with Gasteiger partial charge in [-0.3, -0.25) is 14.7 Å². The van der Waals surface area contributed by atoms with Gasteiger partial charge in [-0.15, -0.1) is 0 Å². The molecule has 0 unspecified atom stereocenters. The van der Waals surface area contributed by atoms with Crippen molar-refractivity contribution in [3.63, 3.8) is 0 Å². The van der Waals surface area contributed by atoms with Crippen molar-refractivity contribution >= 4 is 29.2 Å². The summed E-state index contributed by atoms with van der Waals surface area (Å²) in [6, 6.07) is 3.14. The van der Waals surface area contributed by atoms with E-state index in [0.717, 1.165) is 0 Å². The van der Waals surface area contributed by atoms with E-state index < -0.39 is 5.92 Å². The zero-order valence-electron chi connectivity index (χ0n) is 12.9. The minimum absolute atomic E-state index is 0.0990. The Kier molecular flexibility index (Phi) is 4.06. The molecule has 1 aromatic carbocycles. The van der Waals surface area contributed by atoms with Gasteiger partial charge in [0.25, 0.3) is 5.91 Å². The van der Waals surface area contributed by atoms with Gasteiger partial charge in [0.1, 0.15) is 5.69 Å². The van der Waals surface area contributed by atoms with Crippen molar-refractivity contribution in [2.24, 2.45) is 0 Å². The van der Waals surface area contributed by atoms with Gasteiger partial charge in [0.15, 0.2) is 17.3 Å². The molecule has 0 fully saturated rings. The highest BCUT2D eigenvalue weighted by Gasteiger charge is 2.34. The molecule has 24 heavy (non-hydrogen) atoms. The van der Waals surface area contributed by atoms with E-state index in [0.29, 0.717) is 16.9 Å². The molecule has 8 nitrogen and oxygen atoms in total. The number of fused-ring (bicyclic) bond motifs is 1. The maximum Gasteiger partial charge on any atom is 0.269 e. The summed E-state index contributed by atoms with van der Waals surface area (Å²) in [5.74, 6) is -0.714. The number of carbonyl (C=O) groups excluding carboxylic acids is 2. The molecule has 3 rings (SSSR count). The van der Waals surface area contributed by atoms with Crippen LogP contribution in [0.1, 0.15) is 34.0 Å². The Morgan fingerprint density at radius 1 is 1.50 bits per heavy atom. The minimum Gasteiger partial charge on any atom is -0.503 e. The molecule has 2 amide bonds. The summed E-state index contributed by atoms with van der Waals surface area (Å²) in [4.78, 5) is 24.0. The number of carbonyl (C=O) groups is 2. The van der Waals surface area contributed by atoms with Crippen LogP contribution in [0.3, 0.4) is 0 Å². The van der Waals surface area contributed by atoms with E-state index in [1.165, 1.54) is 14.2 Å². The number of hydrogen-bond acceptors (Lipinski definition) is 5. The van der Waals surface area contributed by atoms with Crippen LogP contribution in [-0.2, 0) is 4.79 Å². The van der Waals surface area contributed by atoms with Crippen LogP contribution in [0.4, 0.5) is 5.82 Å². The largest absolute Gasteiger partial charge is 0.503 e. The zero-order chi connectivity index (χ0) is 17.4. The van der Waals surface area contributed by atoms with Gasteiger partial charge in [0.05, 0.1) is 12.1 Å². The van der Waals surface area contributed by atoms with Crippen LogP contribution in [-0.4, -0.2) is 41.3 Å². The average molecular weight is 351 g/mol. The van der Waals surface area contributed by atoms with E-state index in [1.54, 1.807) is 12.1 Å². The number of anilines is 1. The fourth-order valence-corrected chi connectivity index (χ4v) is 3.01. The van der Waals surface area contributed by atoms with Gasteiger partial charge in [-0.2, -0.15) is 5.10 Å². The minimum atomic E-state index is -0.452. The second kappa shape index (κ2) is 6.04. The number of aromatic amines is 1. The predicted octanol–water partition coefficient (Wildman–Crippen LogP) is 1.61. The molecular formula is C15H15ClN4O4. The number of halogens is 1. The van der Waals surface area contributed by atoms with Crippen LogP contribution in [0, 0.1) is 0 Å². The SMILES string of the molecule is CNC(=O)c1[nH]nc2c1[C@H](c1cc(Cl)c(O)c(OC)c1)CC(=O)N2. The molecule has 1 aliphatic rings. The van der Waals surface area contributed by atoms with E-state index >= 15 is 0 Å². The first kappa shape index (κ1) is 16.1. The second-order valence-electron chi connectivity index (χ2n) is 5.30. The van der Waals surface area contributed by atoms with Gasteiger partial charge in [0.2, 0.25) is 5.91 Å². The van der Waals surface area contributed by atoms with Crippen molar-refractivity contribution in [3.05, 3.63) is 34.0 Å². The van der Waals surface area contributed by atoms with Crippen LogP contribution in [0.15, 0.2) is 12.1 Å². The van der Waals surface area contributed by atoms with Crippen molar-refractivity contribution in [1.29, 1.82) is 0 Å². The summed E-state index contributed by atoms with van der Waals surface area (Å²) >= 11 is 6.05. The molecule has 2 heterocycles. The monoisotopic (exact) mass is 350 g/mol. The van der Waals surface area contributed by atoms with Gasteiger partial charge >= 0.3 is 0 Å². The molecule has 126 valence electrons. The highest BCUT2D eigenvalue weighted by atomic mass is 35.5. The van der Waals surface area contributed by atoms with Crippen molar-refractivity contribution in [2.75, 3.05) is 19.5 Å². The summed E-state index contributed by atoms with van der Waals surface area (Å²) in [5.41, 5.74) is 1.47. The van der Waals surface area contributed by atoms with Gasteiger partial charge in [-0.25, -0.2) is 0 Å². The summed E-state index contributed by atoms with van der Waals surface area (Å²) in [7, 11) is 2.91. The Hall–Kier alpha value is -2.74. The number of benzene rings is 1. The van der Waals surface area contributed by atoms with E-state index in [4.69, 9.17) is 16.3 Å². The van der Waals surface area contributed by atoms with Crippen LogP contribution < -0.4 is 15.4 Å². The third-order valence-electron chi connectivity index (χ3n) is 3.93. The molecule has 0 spiro atoms. The Morgan fingerprint density at radius 3 is 2.92 bits per heavy atom. The topological polar surface area (TPSA) is 116 Å². The van der Waals surface area contributed by atoms with Crippen LogP contribution in [0.2, 0.25) is 5.02 Å². The third-order valence-corrected chi connectivity index (χ3v) is 4.22. The first-order valence-electron chi connectivity index (χ1n) is 7.12. The number of phenolic OH excluding ortho intramolecular Hbond substituents is 1. The number of rotatable bonds is 3. The lowest BCUT2D eigenvalue weighted by Crippen LogP contribution is -2.26. The lowest BCUT2D eigenvalue weighted by atomic mass is 9.85. The molecular weight excluding hydrogens is 336 g/mol. The molecule has 0 radical (unpaired) electrons. The molecule has 4 N–H and O–H groups in total. The average Bonchev–Trinajstić information content (AvgIpc) is 2.99. The van der Waals surface area contributed by atoms with Gasteiger partial charge < -0.3 is 20.5 Å². The summed E-state index contributed by atoms with van der Waals surface area (Å²) < 4.78 is 5.11. The van der Waals surface area contributed by atoms with E-state index in [1.807, 2.05) is 0 Å².